The van der Waals surface area contributed by atoms with Gasteiger partial charge >= 0.3 is 5.97 Å². The van der Waals surface area contributed by atoms with Crippen LogP contribution in [0.5, 0.6) is 0 Å². The van der Waals surface area contributed by atoms with Gasteiger partial charge in [0.25, 0.3) is 5.91 Å². The zero-order valence-corrected chi connectivity index (χ0v) is 15.1. The van der Waals surface area contributed by atoms with Gasteiger partial charge in [-0.05, 0) is 29.2 Å². The first-order chi connectivity index (χ1) is 11.5. The molecule has 0 spiro atoms. The summed E-state index contributed by atoms with van der Waals surface area (Å²) in [5.74, 6) is -0.501. The van der Waals surface area contributed by atoms with Gasteiger partial charge in [0.05, 0.1) is 6.42 Å². The molecule has 0 heterocycles. The summed E-state index contributed by atoms with van der Waals surface area (Å²) in [6, 6.07) is 17.3. The third kappa shape index (κ3) is 6.16. The van der Waals surface area contributed by atoms with Crippen molar-refractivity contribution in [1.29, 1.82) is 0 Å². The van der Waals surface area contributed by atoms with E-state index in [1.54, 1.807) is 0 Å². The van der Waals surface area contributed by atoms with Crippen LogP contribution in [0.3, 0.4) is 0 Å². The Balaban J connectivity index is 1.69. The number of benzene rings is 2. The van der Waals surface area contributed by atoms with Crippen molar-refractivity contribution >= 4 is 27.8 Å². The average molecular weight is 390 g/mol. The van der Waals surface area contributed by atoms with E-state index in [1.165, 1.54) is 0 Å². The van der Waals surface area contributed by atoms with Gasteiger partial charge in [-0.1, -0.05) is 65.3 Å². The molecule has 0 unspecified atom stereocenters. The standard InChI is InChI=1S/C19H20BrNO3/c1-14(16-5-3-2-4-6-16)12-21-18(22)13-24-19(23)11-15-7-9-17(20)10-8-15/h2-10,14H,11-13H2,1H3,(H,21,22)/t14-/m1/s1. The van der Waals surface area contributed by atoms with Gasteiger partial charge in [-0.3, -0.25) is 9.59 Å². The van der Waals surface area contributed by atoms with Crippen LogP contribution < -0.4 is 5.32 Å². The third-order valence-electron chi connectivity index (χ3n) is 3.60. The predicted molar refractivity (Wildman–Crippen MR) is 96.7 cm³/mol. The summed E-state index contributed by atoms with van der Waals surface area (Å²) in [7, 11) is 0. The molecule has 0 radical (unpaired) electrons. The molecule has 0 saturated heterocycles. The Morgan fingerprint density at radius 3 is 2.42 bits per heavy atom. The minimum atomic E-state index is -0.413. The number of ether oxygens (including phenoxy) is 1. The molecule has 1 N–H and O–H groups in total. The number of nitrogens with one attached hydrogen (secondary N) is 1. The highest BCUT2D eigenvalue weighted by molar-refractivity contribution is 9.10. The third-order valence-corrected chi connectivity index (χ3v) is 4.13. The Morgan fingerprint density at radius 2 is 1.75 bits per heavy atom. The summed E-state index contributed by atoms with van der Waals surface area (Å²) in [5.41, 5.74) is 2.01. The molecular formula is C19H20BrNO3. The van der Waals surface area contributed by atoms with E-state index in [1.807, 2.05) is 61.5 Å². The predicted octanol–water partition coefficient (Wildman–Crippen LogP) is 3.45. The highest BCUT2D eigenvalue weighted by Gasteiger charge is 2.10. The first-order valence-corrected chi connectivity index (χ1v) is 8.55. The molecule has 0 saturated carbocycles. The summed E-state index contributed by atoms with van der Waals surface area (Å²) in [5, 5.41) is 2.79. The van der Waals surface area contributed by atoms with Crippen LogP contribution in [0.2, 0.25) is 0 Å². The Hall–Kier alpha value is -2.14. The van der Waals surface area contributed by atoms with Gasteiger partial charge in [0.15, 0.2) is 6.61 Å². The van der Waals surface area contributed by atoms with Crippen LogP contribution in [0, 0.1) is 0 Å². The summed E-state index contributed by atoms with van der Waals surface area (Å²) < 4.78 is 5.96. The average Bonchev–Trinajstić information content (AvgIpc) is 2.60. The van der Waals surface area contributed by atoms with E-state index >= 15 is 0 Å². The first-order valence-electron chi connectivity index (χ1n) is 7.76. The molecule has 5 heteroatoms. The van der Waals surface area contributed by atoms with Crippen molar-refractivity contribution in [1.82, 2.24) is 5.32 Å². The number of amides is 1. The molecule has 0 fully saturated rings. The van der Waals surface area contributed by atoms with Gasteiger partial charge in [-0.15, -0.1) is 0 Å². The molecular weight excluding hydrogens is 370 g/mol. The van der Waals surface area contributed by atoms with Crippen LogP contribution in [0.15, 0.2) is 59.1 Å². The lowest BCUT2D eigenvalue weighted by Crippen LogP contribution is -2.31. The molecule has 4 nitrogen and oxygen atoms in total. The highest BCUT2D eigenvalue weighted by atomic mass is 79.9. The molecule has 1 amide bonds. The summed E-state index contributed by atoms with van der Waals surface area (Å²) >= 11 is 3.34. The lowest BCUT2D eigenvalue weighted by atomic mass is 10.0. The maximum Gasteiger partial charge on any atom is 0.310 e. The molecule has 1 atom stereocenters. The van der Waals surface area contributed by atoms with Gasteiger partial charge in [0, 0.05) is 11.0 Å². The van der Waals surface area contributed by atoms with E-state index in [9.17, 15) is 9.59 Å². The molecule has 2 rings (SSSR count). The van der Waals surface area contributed by atoms with Crippen LogP contribution in [0.4, 0.5) is 0 Å². The number of hydrogen-bond acceptors (Lipinski definition) is 3. The fraction of sp³-hybridized carbons (Fsp3) is 0.263. The Labute approximate surface area is 150 Å². The number of halogens is 1. The monoisotopic (exact) mass is 389 g/mol. The minimum Gasteiger partial charge on any atom is -0.455 e. The van der Waals surface area contributed by atoms with E-state index in [4.69, 9.17) is 4.74 Å². The first kappa shape index (κ1) is 18.2. The topological polar surface area (TPSA) is 55.4 Å². The van der Waals surface area contributed by atoms with Crippen LogP contribution in [0.25, 0.3) is 0 Å². The number of esters is 1. The van der Waals surface area contributed by atoms with E-state index in [-0.39, 0.29) is 24.9 Å². The van der Waals surface area contributed by atoms with Gasteiger partial charge < -0.3 is 10.1 Å². The zero-order chi connectivity index (χ0) is 17.4. The quantitative estimate of drug-likeness (QED) is 0.737. The van der Waals surface area contributed by atoms with E-state index in [2.05, 4.69) is 21.2 Å². The zero-order valence-electron chi connectivity index (χ0n) is 13.5. The molecule has 0 aliphatic rings. The second-order valence-corrected chi connectivity index (χ2v) is 6.50. The second-order valence-electron chi connectivity index (χ2n) is 5.58. The van der Waals surface area contributed by atoms with Crippen molar-refractivity contribution in [2.45, 2.75) is 19.3 Å². The largest absolute Gasteiger partial charge is 0.455 e. The normalized spacial score (nSPS) is 11.6. The number of carbonyl (C=O) groups excluding carboxylic acids is 2. The van der Waals surface area contributed by atoms with Crippen LogP contribution in [-0.4, -0.2) is 25.0 Å². The summed E-state index contributed by atoms with van der Waals surface area (Å²) in [4.78, 5) is 23.5. The van der Waals surface area contributed by atoms with Crippen molar-refractivity contribution in [3.05, 3.63) is 70.2 Å². The summed E-state index contributed by atoms with van der Waals surface area (Å²) in [6.07, 6.45) is 0.154. The minimum absolute atomic E-state index is 0.154. The molecule has 0 aliphatic carbocycles. The molecule has 0 bridgehead atoms. The molecule has 2 aromatic rings. The van der Waals surface area contributed by atoms with E-state index in [0.29, 0.717) is 6.54 Å². The maximum atomic E-state index is 11.8. The molecule has 0 aromatic heterocycles. The second kappa shape index (κ2) is 9.23. The summed E-state index contributed by atoms with van der Waals surface area (Å²) in [6.45, 7) is 2.29. The molecule has 24 heavy (non-hydrogen) atoms. The van der Waals surface area contributed by atoms with Crippen molar-refractivity contribution in [3.8, 4) is 0 Å². The molecule has 0 aliphatic heterocycles. The molecule has 126 valence electrons. The maximum absolute atomic E-state index is 11.8. The Kier molecular flexibility index (Phi) is 7.00. The Bertz CT molecular complexity index is 671. The van der Waals surface area contributed by atoms with Gasteiger partial charge in [0.2, 0.25) is 0 Å². The highest BCUT2D eigenvalue weighted by Crippen LogP contribution is 2.13. The Morgan fingerprint density at radius 1 is 1.08 bits per heavy atom. The fourth-order valence-corrected chi connectivity index (χ4v) is 2.45. The van der Waals surface area contributed by atoms with Crippen LogP contribution >= 0.6 is 15.9 Å². The van der Waals surface area contributed by atoms with Crippen molar-refractivity contribution in [2.24, 2.45) is 0 Å². The SMILES string of the molecule is C[C@H](CNC(=O)COC(=O)Cc1ccc(Br)cc1)c1ccccc1. The fourth-order valence-electron chi connectivity index (χ4n) is 2.18. The number of rotatable bonds is 7. The van der Waals surface area contributed by atoms with Crippen LogP contribution in [-0.2, 0) is 20.7 Å². The lowest BCUT2D eigenvalue weighted by molar-refractivity contribution is -0.147. The van der Waals surface area contributed by atoms with Crippen molar-refractivity contribution in [3.63, 3.8) is 0 Å². The number of carbonyl (C=O) groups is 2. The van der Waals surface area contributed by atoms with Gasteiger partial charge in [0.1, 0.15) is 0 Å². The molecule has 2 aromatic carbocycles. The van der Waals surface area contributed by atoms with Gasteiger partial charge in [-0.2, -0.15) is 0 Å². The smallest absolute Gasteiger partial charge is 0.310 e. The van der Waals surface area contributed by atoms with E-state index in [0.717, 1.165) is 15.6 Å². The van der Waals surface area contributed by atoms with Crippen molar-refractivity contribution in [2.75, 3.05) is 13.2 Å². The number of hydrogen-bond donors (Lipinski definition) is 1. The lowest BCUT2D eigenvalue weighted by Gasteiger charge is -2.13. The van der Waals surface area contributed by atoms with Crippen LogP contribution in [0.1, 0.15) is 24.0 Å². The van der Waals surface area contributed by atoms with E-state index < -0.39 is 5.97 Å². The van der Waals surface area contributed by atoms with Crippen molar-refractivity contribution < 1.29 is 14.3 Å². The van der Waals surface area contributed by atoms with Gasteiger partial charge in [-0.25, -0.2) is 0 Å².